The van der Waals surface area contributed by atoms with E-state index in [1.165, 1.54) is 0 Å². The first-order valence-corrected chi connectivity index (χ1v) is 9.97. The third-order valence-electron chi connectivity index (χ3n) is 5.34. The molecule has 1 unspecified atom stereocenters. The van der Waals surface area contributed by atoms with Gasteiger partial charge in [0.15, 0.2) is 11.5 Å². The predicted octanol–water partition coefficient (Wildman–Crippen LogP) is 4.27. The fourth-order valence-electron chi connectivity index (χ4n) is 3.76. The zero-order valence-electron chi connectivity index (χ0n) is 17.9. The molecule has 1 aromatic heterocycles. The zero-order valence-corrected chi connectivity index (χ0v) is 17.9. The van der Waals surface area contributed by atoms with Crippen molar-refractivity contribution in [1.29, 1.82) is 0 Å². The maximum Gasteiger partial charge on any atom is 0.322 e. The molecule has 0 radical (unpaired) electrons. The summed E-state index contributed by atoms with van der Waals surface area (Å²) in [5.41, 5.74) is 3.22. The third kappa shape index (κ3) is 3.72. The van der Waals surface area contributed by atoms with Crippen molar-refractivity contribution in [2.45, 2.75) is 19.9 Å². The molecule has 0 saturated heterocycles. The largest absolute Gasteiger partial charge is 0.493 e. The number of ether oxygens (including phenoxy) is 2. The number of amides is 2. The van der Waals surface area contributed by atoms with Gasteiger partial charge < -0.3 is 19.3 Å². The van der Waals surface area contributed by atoms with Crippen LogP contribution in [0.1, 0.15) is 31.3 Å². The van der Waals surface area contributed by atoms with Crippen molar-refractivity contribution >= 4 is 11.6 Å². The van der Waals surface area contributed by atoms with Crippen LogP contribution < -0.4 is 14.8 Å². The number of nitrogens with one attached hydrogen (secondary N) is 1. The molecule has 0 saturated carbocycles. The minimum atomic E-state index is -0.393. The van der Waals surface area contributed by atoms with Crippen molar-refractivity contribution in [3.8, 4) is 22.9 Å². The number of allylic oxidation sites excluding steroid dienone is 1. The molecule has 31 heavy (non-hydrogen) atoms. The molecule has 2 heterocycles. The van der Waals surface area contributed by atoms with E-state index in [1.807, 2.05) is 50.2 Å². The van der Waals surface area contributed by atoms with Crippen LogP contribution in [0.2, 0.25) is 0 Å². The second-order valence-corrected chi connectivity index (χ2v) is 7.03. The molecular weight excluding hydrogens is 396 g/mol. The van der Waals surface area contributed by atoms with Crippen molar-refractivity contribution in [1.82, 2.24) is 20.4 Å². The highest BCUT2D eigenvalue weighted by Crippen LogP contribution is 2.38. The molecular formula is C23H24N4O4. The van der Waals surface area contributed by atoms with E-state index in [9.17, 15) is 4.79 Å². The fraction of sp³-hybridized carbons (Fsp3) is 0.261. The van der Waals surface area contributed by atoms with Crippen LogP contribution in [0.25, 0.3) is 17.0 Å². The van der Waals surface area contributed by atoms with E-state index >= 15 is 0 Å². The number of methoxy groups -OCH3 is 2. The van der Waals surface area contributed by atoms with Crippen molar-refractivity contribution in [3.63, 3.8) is 0 Å². The molecule has 1 aliphatic rings. The monoisotopic (exact) mass is 420 g/mol. The number of rotatable bonds is 6. The second kappa shape index (κ2) is 8.51. The first-order chi connectivity index (χ1) is 15.1. The summed E-state index contributed by atoms with van der Waals surface area (Å²) in [6.07, 6.45) is 0. The van der Waals surface area contributed by atoms with Crippen LogP contribution in [0.4, 0.5) is 4.79 Å². The average Bonchev–Trinajstić information content (AvgIpc) is 3.28. The van der Waals surface area contributed by atoms with E-state index in [1.54, 1.807) is 31.3 Å². The van der Waals surface area contributed by atoms with E-state index in [0.29, 0.717) is 29.8 Å². The smallest absolute Gasteiger partial charge is 0.322 e. The maximum atomic E-state index is 12.6. The van der Waals surface area contributed by atoms with Gasteiger partial charge in [0, 0.05) is 17.8 Å². The predicted molar refractivity (Wildman–Crippen MR) is 116 cm³/mol. The third-order valence-corrected chi connectivity index (χ3v) is 5.34. The van der Waals surface area contributed by atoms with Crippen LogP contribution >= 0.6 is 0 Å². The highest BCUT2D eigenvalue weighted by atomic mass is 16.5. The highest BCUT2D eigenvalue weighted by molar-refractivity contribution is 5.86. The molecule has 1 aliphatic heterocycles. The Kier molecular flexibility index (Phi) is 5.62. The lowest BCUT2D eigenvalue weighted by Gasteiger charge is -2.34. The van der Waals surface area contributed by atoms with Gasteiger partial charge in [0.05, 0.1) is 25.8 Å². The summed E-state index contributed by atoms with van der Waals surface area (Å²) in [7, 11) is 3.16. The van der Waals surface area contributed by atoms with Gasteiger partial charge in [0.2, 0.25) is 5.82 Å². The molecule has 2 amide bonds. The van der Waals surface area contributed by atoms with Gasteiger partial charge in [0.25, 0.3) is 5.89 Å². The lowest BCUT2D eigenvalue weighted by atomic mass is 9.95. The van der Waals surface area contributed by atoms with Gasteiger partial charge in [-0.3, -0.25) is 4.90 Å². The molecule has 3 aromatic rings. The zero-order chi connectivity index (χ0) is 22.0. The van der Waals surface area contributed by atoms with Crippen LogP contribution in [0.15, 0.2) is 58.8 Å². The number of urea groups is 1. The Morgan fingerprint density at radius 3 is 2.52 bits per heavy atom. The van der Waals surface area contributed by atoms with Gasteiger partial charge in [0.1, 0.15) is 0 Å². The molecule has 8 nitrogen and oxygen atoms in total. The number of hydrogen-bond acceptors (Lipinski definition) is 6. The summed E-state index contributed by atoms with van der Waals surface area (Å²) in [5, 5.41) is 7.24. The van der Waals surface area contributed by atoms with Crippen LogP contribution in [-0.4, -0.2) is 41.8 Å². The number of aromatic nitrogens is 2. The number of carbonyl (C=O) groups is 1. The summed E-state index contributed by atoms with van der Waals surface area (Å²) < 4.78 is 16.3. The van der Waals surface area contributed by atoms with Crippen LogP contribution in [0.5, 0.6) is 11.5 Å². The first-order valence-electron chi connectivity index (χ1n) is 9.97. The van der Waals surface area contributed by atoms with Crippen molar-refractivity contribution in [2.24, 2.45) is 0 Å². The number of carbonyl (C=O) groups excluding carboxylic acids is 1. The van der Waals surface area contributed by atoms with E-state index in [4.69, 9.17) is 14.0 Å². The molecule has 0 spiro atoms. The molecule has 8 heteroatoms. The quantitative estimate of drug-likeness (QED) is 0.641. The first kappa shape index (κ1) is 20.5. The Morgan fingerprint density at radius 1 is 1.10 bits per heavy atom. The molecule has 0 fully saturated rings. The van der Waals surface area contributed by atoms with Gasteiger partial charge in [-0.2, -0.15) is 4.98 Å². The summed E-state index contributed by atoms with van der Waals surface area (Å²) >= 11 is 0. The van der Waals surface area contributed by atoms with Crippen LogP contribution in [0, 0.1) is 0 Å². The van der Waals surface area contributed by atoms with Gasteiger partial charge in [-0.25, -0.2) is 4.79 Å². The minimum absolute atomic E-state index is 0.155. The van der Waals surface area contributed by atoms with E-state index in [-0.39, 0.29) is 6.03 Å². The van der Waals surface area contributed by atoms with Gasteiger partial charge >= 0.3 is 6.03 Å². The minimum Gasteiger partial charge on any atom is -0.493 e. The van der Waals surface area contributed by atoms with E-state index < -0.39 is 6.04 Å². The Morgan fingerprint density at radius 2 is 1.84 bits per heavy atom. The number of benzene rings is 2. The average molecular weight is 420 g/mol. The van der Waals surface area contributed by atoms with Gasteiger partial charge in [-0.05, 0) is 37.6 Å². The van der Waals surface area contributed by atoms with Gasteiger partial charge in [-0.15, -0.1) is 0 Å². The molecule has 1 atom stereocenters. The highest BCUT2D eigenvalue weighted by Gasteiger charge is 2.35. The Hall–Kier alpha value is -3.81. The lowest BCUT2D eigenvalue weighted by molar-refractivity contribution is 0.207. The maximum absolute atomic E-state index is 12.6. The molecule has 4 rings (SSSR count). The van der Waals surface area contributed by atoms with Gasteiger partial charge in [-0.1, -0.05) is 35.5 Å². The Balaban J connectivity index is 1.79. The summed E-state index contributed by atoms with van der Waals surface area (Å²) in [6, 6.07) is 14.6. The normalized spacial score (nSPS) is 16.3. The van der Waals surface area contributed by atoms with Crippen molar-refractivity contribution in [2.75, 3.05) is 20.8 Å². The van der Waals surface area contributed by atoms with Crippen molar-refractivity contribution in [3.05, 3.63) is 65.7 Å². The molecule has 2 aromatic carbocycles. The molecule has 0 aliphatic carbocycles. The standard InChI is InChI=1S/C23H24N4O4/c1-5-27-14(2)19(20(24-23(27)28)15-9-7-6-8-10-15)22-25-21(26-31-22)16-11-12-17(29-3)18(13-16)30-4/h6-13,20H,5H2,1-4H3,(H,24,28). The van der Waals surface area contributed by atoms with E-state index in [0.717, 1.165) is 22.4 Å². The second-order valence-electron chi connectivity index (χ2n) is 7.03. The number of hydrogen-bond donors (Lipinski definition) is 1. The topological polar surface area (TPSA) is 89.7 Å². The summed E-state index contributed by atoms with van der Waals surface area (Å²) in [6.45, 7) is 4.35. The fourth-order valence-corrected chi connectivity index (χ4v) is 3.76. The summed E-state index contributed by atoms with van der Waals surface area (Å²) in [5.74, 6) is 1.97. The van der Waals surface area contributed by atoms with Crippen LogP contribution in [-0.2, 0) is 0 Å². The lowest BCUT2D eigenvalue weighted by Crippen LogP contribution is -2.45. The Labute approximate surface area is 180 Å². The van der Waals surface area contributed by atoms with Crippen LogP contribution in [0.3, 0.4) is 0 Å². The molecule has 0 bridgehead atoms. The molecule has 160 valence electrons. The number of nitrogens with zero attached hydrogens (tertiary/aromatic N) is 3. The molecule has 1 N–H and O–H groups in total. The Bertz CT molecular complexity index is 1120. The SMILES string of the molecule is CCN1C(=O)NC(c2ccccc2)C(c2nc(-c3ccc(OC)c(OC)c3)no2)=C1C. The summed E-state index contributed by atoms with van der Waals surface area (Å²) in [4.78, 5) is 18.9. The van der Waals surface area contributed by atoms with Crippen molar-refractivity contribution < 1.29 is 18.8 Å². The van der Waals surface area contributed by atoms with E-state index in [2.05, 4.69) is 15.5 Å².